The number of aromatic hydroxyl groups is 1. The summed E-state index contributed by atoms with van der Waals surface area (Å²) in [5.74, 6) is -1.13. The monoisotopic (exact) mass is 229 g/mol. The molecule has 0 radical (unpaired) electrons. The van der Waals surface area contributed by atoms with Gasteiger partial charge >= 0.3 is 5.97 Å². The maximum absolute atomic E-state index is 10.6. The standard InChI is InChI=1S/C10H12ClNO3/c1-5-2-7(11)9(13)4-6(5)3-8(12)10(14)15/h2,4,8,13H,3,12H2,1H3,(H,14,15). The highest BCUT2D eigenvalue weighted by molar-refractivity contribution is 6.32. The molecule has 0 saturated heterocycles. The van der Waals surface area contributed by atoms with Crippen LogP contribution in [0.3, 0.4) is 0 Å². The van der Waals surface area contributed by atoms with Crippen LogP contribution >= 0.6 is 11.6 Å². The summed E-state index contributed by atoms with van der Waals surface area (Å²) in [7, 11) is 0. The summed E-state index contributed by atoms with van der Waals surface area (Å²) in [5.41, 5.74) is 6.89. The van der Waals surface area contributed by atoms with E-state index < -0.39 is 12.0 Å². The normalized spacial score (nSPS) is 12.5. The van der Waals surface area contributed by atoms with Crippen molar-refractivity contribution in [2.45, 2.75) is 19.4 Å². The van der Waals surface area contributed by atoms with Crippen molar-refractivity contribution < 1.29 is 15.0 Å². The molecule has 0 heterocycles. The van der Waals surface area contributed by atoms with E-state index in [9.17, 15) is 9.90 Å². The van der Waals surface area contributed by atoms with Crippen LogP contribution in [0.1, 0.15) is 11.1 Å². The molecule has 4 nitrogen and oxygen atoms in total. The lowest BCUT2D eigenvalue weighted by Gasteiger charge is -2.10. The summed E-state index contributed by atoms with van der Waals surface area (Å²) in [6.07, 6.45) is 0.173. The van der Waals surface area contributed by atoms with Gasteiger partial charge in [0.05, 0.1) is 5.02 Å². The fraction of sp³-hybridized carbons (Fsp3) is 0.300. The highest BCUT2D eigenvalue weighted by atomic mass is 35.5. The molecule has 0 spiro atoms. The van der Waals surface area contributed by atoms with Crippen molar-refractivity contribution in [2.75, 3.05) is 0 Å². The van der Waals surface area contributed by atoms with Crippen molar-refractivity contribution in [3.8, 4) is 5.75 Å². The van der Waals surface area contributed by atoms with E-state index in [0.29, 0.717) is 5.56 Å². The molecular formula is C10H12ClNO3. The Balaban J connectivity index is 2.95. The Bertz CT molecular complexity index is 392. The first kappa shape index (κ1) is 11.8. The third-order valence-electron chi connectivity index (χ3n) is 2.16. The van der Waals surface area contributed by atoms with Crippen LogP contribution in [0.25, 0.3) is 0 Å². The zero-order valence-corrected chi connectivity index (χ0v) is 8.95. The van der Waals surface area contributed by atoms with Crippen LogP contribution in [0.5, 0.6) is 5.75 Å². The first-order valence-electron chi connectivity index (χ1n) is 4.38. The molecule has 1 aromatic carbocycles. The van der Waals surface area contributed by atoms with Gasteiger partial charge in [0.15, 0.2) is 0 Å². The lowest BCUT2D eigenvalue weighted by Crippen LogP contribution is -2.32. The van der Waals surface area contributed by atoms with Crippen molar-refractivity contribution >= 4 is 17.6 Å². The second-order valence-electron chi connectivity index (χ2n) is 3.38. The Morgan fingerprint density at radius 2 is 2.20 bits per heavy atom. The summed E-state index contributed by atoms with van der Waals surface area (Å²) in [6.45, 7) is 1.79. The topological polar surface area (TPSA) is 83.5 Å². The number of rotatable bonds is 3. The summed E-state index contributed by atoms with van der Waals surface area (Å²) < 4.78 is 0. The average Bonchev–Trinajstić information content (AvgIpc) is 2.13. The molecular weight excluding hydrogens is 218 g/mol. The number of nitrogens with two attached hydrogens (primary N) is 1. The molecule has 1 unspecified atom stereocenters. The van der Waals surface area contributed by atoms with E-state index in [4.69, 9.17) is 22.4 Å². The second-order valence-corrected chi connectivity index (χ2v) is 3.79. The highest BCUT2D eigenvalue weighted by Gasteiger charge is 2.14. The minimum absolute atomic E-state index is 0.0603. The number of halogens is 1. The molecule has 0 aliphatic rings. The van der Waals surface area contributed by atoms with Gasteiger partial charge in [-0.2, -0.15) is 0 Å². The second kappa shape index (κ2) is 4.51. The third-order valence-corrected chi connectivity index (χ3v) is 2.47. The van der Waals surface area contributed by atoms with Crippen LogP contribution in [0.15, 0.2) is 12.1 Å². The molecule has 0 fully saturated rings. The zero-order valence-electron chi connectivity index (χ0n) is 8.20. The fourth-order valence-electron chi connectivity index (χ4n) is 1.25. The van der Waals surface area contributed by atoms with Gasteiger partial charge in [0.1, 0.15) is 11.8 Å². The molecule has 82 valence electrons. The molecule has 4 N–H and O–H groups in total. The van der Waals surface area contributed by atoms with Crippen molar-refractivity contribution in [2.24, 2.45) is 5.73 Å². The number of aliphatic carboxylic acids is 1. The molecule has 1 atom stereocenters. The van der Waals surface area contributed by atoms with E-state index in [0.717, 1.165) is 5.56 Å². The Hall–Kier alpha value is -1.26. The van der Waals surface area contributed by atoms with Gasteiger partial charge in [0.2, 0.25) is 0 Å². The van der Waals surface area contributed by atoms with Gasteiger partial charge in [-0.25, -0.2) is 0 Å². The number of aryl methyl sites for hydroxylation is 1. The number of phenolic OH excluding ortho intramolecular Hbond substituents is 1. The van der Waals surface area contributed by atoms with E-state index in [1.807, 2.05) is 0 Å². The predicted octanol–water partition coefficient (Wildman–Crippen LogP) is 1.31. The Labute approximate surface area is 92.3 Å². The lowest BCUT2D eigenvalue weighted by atomic mass is 10.0. The lowest BCUT2D eigenvalue weighted by molar-refractivity contribution is -0.138. The van der Waals surface area contributed by atoms with Crippen LogP contribution in [0.2, 0.25) is 5.02 Å². The van der Waals surface area contributed by atoms with E-state index in [1.54, 1.807) is 13.0 Å². The van der Waals surface area contributed by atoms with Crippen molar-refractivity contribution in [3.63, 3.8) is 0 Å². The number of hydrogen-bond acceptors (Lipinski definition) is 3. The van der Waals surface area contributed by atoms with Gasteiger partial charge in [-0.15, -0.1) is 0 Å². The summed E-state index contributed by atoms with van der Waals surface area (Å²) in [5, 5.41) is 18.3. The van der Waals surface area contributed by atoms with E-state index in [2.05, 4.69) is 0 Å². The SMILES string of the molecule is Cc1cc(Cl)c(O)cc1CC(N)C(=O)O. The maximum atomic E-state index is 10.6. The highest BCUT2D eigenvalue weighted by Crippen LogP contribution is 2.27. The van der Waals surface area contributed by atoms with Crippen LogP contribution < -0.4 is 5.73 Å². The molecule has 5 heteroatoms. The van der Waals surface area contributed by atoms with E-state index in [1.165, 1.54) is 6.07 Å². The van der Waals surface area contributed by atoms with E-state index >= 15 is 0 Å². The molecule has 0 saturated carbocycles. The largest absolute Gasteiger partial charge is 0.506 e. The van der Waals surface area contributed by atoms with Gasteiger partial charge < -0.3 is 15.9 Å². The summed E-state index contributed by atoms with van der Waals surface area (Å²) in [6, 6.07) is 2.06. The number of carbonyl (C=O) groups is 1. The van der Waals surface area contributed by atoms with Gasteiger partial charge in [-0.05, 0) is 36.6 Å². The zero-order chi connectivity index (χ0) is 11.6. The maximum Gasteiger partial charge on any atom is 0.320 e. The van der Waals surface area contributed by atoms with Crippen LogP contribution in [0.4, 0.5) is 0 Å². The molecule has 0 aliphatic carbocycles. The fourth-order valence-corrected chi connectivity index (χ4v) is 1.47. The van der Waals surface area contributed by atoms with Crippen LogP contribution in [0, 0.1) is 6.92 Å². The quantitative estimate of drug-likeness (QED) is 0.730. The Kier molecular flexibility index (Phi) is 3.55. The number of carboxylic acids is 1. The molecule has 0 amide bonds. The molecule has 1 rings (SSSR count). The van der Waals surface area contributed by atoms with Crippen molar-refractivity contribution in [3.05, 3.63) is 28.3 Å². The Morgan fingerprint density at radius 3 is 2.73 bits per heavy atom. The van der Waals surface area contributed by atoms with Crippen molar-refractivity contribution in [1.82, 2.24) is 0 Å². The van der Waals surface area contributed by atoms with Gasteiger partial charge in [0, 0.05) is 0 Å². The number of benzene rings is 1. The average molecular weight is 230 g/mol. The number of phenols is 1. The molecule has 0 aromatic heterocycles. The smallest absolute Gasteiger partial charge is 0.320 e. The first-order valence-corrected chi connectivity index (χ1v) is 4.76. The van der Waals surface area contributed by atoms with Gasteiger partial charge in [-0.1, -0.05) is 11.6 Å². The Morgan fingerprint density at radius 1 is 1.60 bits per heavy atom. The first-order chi connectivity index (χ1) is 6.91. The molecule has 0 bridgehead atoms. The van der Waals surface area contributed by atoms with E-state index in [-0.39, 0.29) is 17.2 Å². The summed E-state index contributed by atoms with van der Waals surface area (Å²) in [4.78, 5) is 10.6. The molecule has 1 aromatic rings. The van der Waals surface area contributed by atoms with Gasteiger partial charge in [0.25, 0.3) is 0 Å². The number of carboxylic acid groups (broad SMARTS) is 1. The minimum atomic E-state index is -1.07. The third kappa shape index (κ3) is 2.84. The van der Waals surface area contributed by atoms with Crippen molar-refractivity contribution in [1.29, 1.82) is 0 Å². The number of hydrogen-bond donors (Lipinski definition) is 3. The van der Waals surface area contributed by atoms with Crippen LogP contribution in [-0.4, -0.2) is 22.2 Å². The molecule has 15 heavy (non-hydrogen) atoms. The minimum Gasteiger partial charge on any atom is -0.506 e. The van der Waals surface area contributed by atoms with Gasteiger partial charge in [-0.3, -0.25) is 4.79 Å². The predicted molar refractivity (Wildman–Crippen MR) is 57.2 cm³/mol. The summed E-state index contributed by atoms with van der Waals surface area (Å²) >= 11 is 5.69. The van der Waals surface area contributed by atoms with Crippen LogP contribution in [-0.2, 0) is 11.2 Å². The molecule has 0 aliphatic heterocycles.